The molecular formula is C27H36N2O3. The van der Waals surface area contributed by atoms with E-state index in [0.717, 1.165) is 13.0 Å². The van der Waals surface area contributed by atoms with Crippen molar-refractivity contribution < 1.29 is 10.0 Å². The first kappa shape index (κ1) is 22.8. The van der Waals surface area contributed by atoms with Gasteiger partial charge in [0.25, 0.3) is 5.69 Å². The first-order valence-corrected chi connectivity index (χ1v) is 11.9. The lowest BCUT2D eigenvalue weighted by Crippen LogP contribution is -2.52. The SMILES string of the molecule is CC(C)c1ccc2c(c1)CCC1C2(C)CCC[C@@]1(C)CNCc1cc([N+](=O)[O-])ccc1O. The fourth-order valence-electron chi connectivity index (χ4n) is 6.52. The van der Waals surface area contributed by atoms with Gasteiger partial charge in [-0.2, -0.15) is 0 Å². The molecule has 0 bridgehead atoms. The summed E-state index contributed by atoms with van der Waals surface area (Å²) < 4.78 is 0. The normalized spacial score (nSPS) is 27.1. The molecule has 0 spiro atoms. The fraction of sp³-hybridized carbons (Fsp3) is 0.556. The molecular weight excluding hydrogens is 400 g/mol. The predicted molar refractivity (Wildman–Crippen MR) is 128 cm³/mol. The Kier molecular flexibility index (Phi) is 6.06. The van der Waals surface area contributed by atoms with E-state index in [-0.39, 0.29) is 22.3 Å². The van der Waals surface area contributed by atoms with Crippen LogP contribution < -0.4 is 5.32 Å². The van der Waals surface area contributed by atoms with Crippen molar-refractivity contribution in [1.29, 1.82) is 0 Å². The van der Waals surface area contributed by atoms with Crippen LogP contribution in [0.1, 0.15) is 81.5 Å². The molecule has 1 saturated carbocycles. The second-order valence-corrected chi connectivity index (χ2v) is 10.8. The monoisotopic (exact) mass is 436 g/mol. The lowest BCUT2D eigenvalue weighted by Gasteiger charge is -2.55. The lowest BCUT2D eigenvalue weighted by molar-refractivity contribution is -0.384. The van der Waals surface area contributed by atoms with Gasteiger partial charge in [0.2, 0.25) is 0 Å². The van der Waals surface area contributed by atoms with E-state index < -0.39 is 4.92 Å². The number of nitro groups is 1. The molecule has 1 fully saturated rings. The molecule has 2 unspecified atom stereocenters. The Bertz CT molecular complexity index is 1020. The molecule has 2 aliphatic rings. The number of nitro benzene ring substituents is 1. The van der Waals surface area contributed by atoms with Gasteiger partial charge in [-0.15, -0.1) is 0 Å². The van der Waals surface area contributed by atoms with E-state index in [4.69, 9.17) is 0 Å². The smallest absolute Gasteiger partial charge is 0.270 e. The van der Waals surface area contributed by atoms with E-state index in [2.05, 4.69) is 51.2 Å². The average molecular weight is 437 g/mol. The quantitative estimate of drug-likeness (QED) is 0.416. The lowest BCUT2D eigenvalue weighted by atomic mass is 9.49. The molecule has 172 valence electrons. The zero-order valence-electron chi connectivity index (χ0n) is 19.8. The zero-order valence-corrected chi connectivity index (χ0v) is 19.8. The van der Waals surface area contributed by atoms with Gasteiger partial charge < -0.3 is 10.4 Å². The molecule has 2 N–H and O–H groups in total. The van der Waals surface area contributed by atoms with Crippen molar-refractivity contribution in [1.82, 2.24) is 5.32 Å². The van der Waals surface area contributed by atoms with Crippen LogP contribution in [-0.2, 0) is 18.4 Å². The zero-order chi connectivity index (χ0) is 23.1. The third-order valence-corrected chi connectivity index (χ3v) is 8.29. The van der Waals surface area contributed by atoms with E-state index in [9.17, 15) is 15.2 Å². The van der Waals surface area contributed by atoms with Crippen molar-refractivity contribution in [3.8, 4) is 5.75 Å². The molecule has 0 aliphatic heterocycles. The fourth-order valence-corrected chi connectivity index (χ4v) is 6.52. The summed E-state index contributed by atoms with van der Waals surface area (Å²) in [7, 11) is 0. The number of nitrogens with zero attached hydrogens (tertiary/aromatic N) is 1. The first-order chi connectivity index (χ1) is 15.1. The third kappa shape index (κ3) is 4.03. The number of fused-ring (bicyclic) bond motifs is 3. The highest BCUT2D eigenvalue weighted by atomic mass is 16.6. The minimum Gasteiger partial charge on any atom is -0.508 e. The van der Waals surface area contributed by atoms with E-state index in [1.165, 1.54) is 55.0 Å². The van der Waals surface area contributed by atoms with Crippen molar-refractivity contribution in [3.63, 3.8) is 0 Å². The Morgan fingerprint density at radius 2 is 1.97 bits per heavy atom. The van der Waals surface area contributed by atoms with Gasteiger partial charge in [-0.3, -0.25) is 10.1 Å². The molecule has 0 heterocycles. The van der Waals surface area contributed by atoms with Gasteiger partial charge in [-0.25, -0.2) is 0 Å². The summed E-state index contributed by atoms with van der Waals surface area (Å²) in [5.74, 6) is 1.25. The molecule has 5 heteroatoms. The van der Waals surface area contributed by atoms with Crippen LogP contribution in [0.25, 0.3) is 0 Å². The van der Waals surface area contributed by atoms with Crippen LogP contribution in [0.2, 0.25) is 0 Å². The van der Waals surface area contributed by atoms with Gasteiger partial charge in [-0.05, 0) is 71.1 Å². The standard InChI is InChI=1S/C27H36N2O3/c1-18(2)19-6-9-23-20(14-19)7-11-25-26(3,12-5-13-27(23,25)4)17-28-16-21-15-22(29(31)32)8-10-24(21)30/h6,8-10,14-15,18,25,28,30H,5,7,11-13,16-17H2,1-4H3/t25?,26-,27?/m0/s1. The number of hydrogen-bond acceptors (Lipinski definition) is 4. The van der Waals surface area contributed by atoms with Gasteiger partial charge in [-0.1, -0.05) is 52.3 Å². The minimum atomic E-state index is -0.416. The maximum Gasteiger partial charge on any atom is 0.270 e. The van der Waals surface area contributed by atoms with Crippen molar-refractivity contribution in [2.24, 2.45) is 11.3 Å². The minimum absolute atomic E-state index is 0.0145. The van der Waals surface area contributed by atoms with E-state index in [0.29, 0.717) is 23.9 Å². The summed E-state index contributed by atoms with van der Waals surface area (Å²) >= 11 is 0. The van der Waals surface area contributed by atoms with E-state index in [1.807, 2.05) is 0 Å². The van der Waals surface area contributed by atoms with E-state index >= 15 is 0 Å². The number of aromatic hydroxyl groups is 1. The summed E-state index contributed by atoms with van der Waals surface area (Å²) in [5, 5.41) is 24.8. The molecule has 0 radical (unpaired) electrons. The van der Waals surface area contributed by atoms with Gasteiger partial charge in [0.05, 0.1) is 4.92 Å². The molecule has 0 aromatic heterocycles. The number of aryl methyl sites for hydroxylation is 1. The van der Waals surface area contributed by atoms with Crippen molar-refractivity contribution in [3.05, 3.63) is 68.8 Å². The van der Waals surface area contributed by atoms with Gasteiger partial charge in [0, 0.05) is 30.8 Å². The summed E-state index contributed by atoms with van der Waals surface area (Å²) in [5.41, 5.74) is 5.44. The van der Waals surface area contributed by atoms with Crippen LogP contribution in [0.4, 0.5) is 5.69 Å². The number of rotatable bonds is 6. The number of non-ortho nitro benzene ring substituents is 1. The molecule has 2 aromatic carbocycles. The summed E-state index contributed by atoms with van der Waals surface area (Å²) in [4.78, 5) is 10.7. The third-order valence-electron chi connectivity index (χ3n) is 8.29. The van der Waals surface area contributed by atoms with Gasteiger partial charge in [0.1, 0.15) is 5.75 Å². The van der Waals surface area contributed by atoms with Crippen molar-refractivity contribution >= 4 is 5.69 Å². The second-order valence-electron chi connectivity index (χ2n) is 10.8. The Morgan fingerprint density at radius 3 is 2.69 bits per heavy atom. The summed E-state index contributed by atoms with van der Waals surface area (Å²) in [6.45, 7) is 10.7. The predicted octanol–water partition coefficient (Wildman–Crippen LogP) is 6.22. The van der Waals surface area contributed by atoms with E-state index in [1.54, 1.807) is 5.56 Å². The summed E-state index contributed by atoms with van der Waals surface area (Å²) in [6, 6.07) is 11.4. The van der Waals surface area contributed by atoms with Crippen LogP contribution >= 0.6 is 0 Å². The molecule has 0 saturated heterocycles. The van der Waals surface area contributed by atoms with Crippen LogP contribution in [0.5, 0.6) is 5.75 Å². The van der Waals surface area contributed by atoms with Gasteiger partial charge in [0.15, 0.2) is 0 Å². The highest BCUT2D eigenvalue weighted by Gasteiger charge is 2.51. The molecule has 4 rings (SSSR count). The molecule has 2 aromatic rings. The second kappa shape index (κ2) is 8.51. The van der Waals surface area contributed by atoms with Crippen molar-refractivity contribution in [2.75, 3.05) is 6.54 Å². The molecule has 2 aliphatic carbocycles. The maximum absolute atomic E-state index is 11.1. The van der Waals surface area contributed by atoms with Crippen LogP contribution in [-0.4, -0.2) is 16.6 Å². The molecule has 0 amide bonds. The average Bonchev–Trinajstić information content (AvgIpc) is 2.74. The van der Waals surface area contributed by atoms with Gasteiger partial charge >= 0.3 is 0 Å². The van der Waals surface area contributed by atoms with Crippen LogP contribution in [0, 0.1) is 21.4 Å². The topological polar surface area (TPSA) is 75.4 Å². The van der Waals surface area contributed by atoms with Crippen LogP contribution in [0.15, 0.2) is 36.4 Å². The molecule has 5 nitrogen and oxygen atoms in total. The number of benzene rings is 2. The highest BCUT2D eigenvalue weighted by Crippen LogP contribution is 2.57. The highest BCUT2D eigenvalue weighted by molar-refractivity contribution is 5.43. The number of phenolic OH excluding ortho intramolecular Hbond substituents is 1. The Labute approximate surface area is 191 Å². The summed E-state index contributed by atoms with van der Waals surface area (Å²) in [6.07, 6.45) is 5.95. The number of hydrogen-bond donors (Lipinski definition) is 2. The Morgan fingerprint density at radius 1 is 1.19 bits per heavy atom. The van der Waals surface area contributed by atoms with Crippen LogP contribution in [0.3, 0.4) is 0 Å². The number of phenols is 1. The Balaban J connectivity index is 1.52. The first-order valence-electron chi connectivity index (χ1n) is 11.9. The Hall–Kier alpha value is -2.40. The largest absolute Gasteiger partial charge is 0.508 e. The molecule has 32 heavy (non-hydrogen) atoms. The number of nitrogens with one attached hydrogen (secondary N) is 1. The molecule has 3 atom stereocenters. The maximum atomic E-state index is 11.1. The van der Waals surface area contributed by atoms with Crippen molar-refractivity contribution in [2.45, 2.75) is 77.7 Å².